The number of hydrogen-bond donors (Lipinski definition) is 4. The molecule has 0 amide bonds. The summed E-state index contributed by atoms with van der Waals surface area (Å²) in [5, 5.41) is 0. The molecule has 4 heteroatoms. The fourth-order valence-electron chi connectivity index (χ4n) is 23.3. The van der Waals surface area contributed by atoms with Gasteiger partial charge in [0.15, 0.2) is 0 Å². The molecule has 12 aliphatic carbocycles. The molecule has 0 saturated heterocycles. The third-order valence-electron chi connectivity index (χ3n) is 24.4. The minimum absolute atomic E-state index is 0.0653. The van der Waals surface area contributed by atoms with Crippen LogP contribution in [0.5, 0.6) is 0 Å². The number of aromatic amines is 4. The van der Waals surface area contributed by atoms with Crippen LogP contribution in [0.25, 0.3) is 0 Å². The smallest absolute Gasteiger partial charge is 0.0562 e. The first-order valence-corrected chi connectivity index (χ1v) is 26.3. The molecule has 5 heterocycles. The first-order chi connectivity index (χ1) is 29.5. The zero-order valence-electron chi connectivity index (χ0n) is 36.0. The highest BCUT2D eigenvalue weighted by atomic mass is 14.9. The molecule has 16 unspecified atom stereocenters. The normalized spacial score (nSPS) is 53.6. The van der Waals surface area contributed by atoms with Crippen LogP contribution in [0.1, 0.15) is 174 Å². The van der Waals surface area contributed by atoms with Gasteiger partial charge in [-0.2, -0.15) is 0 Å². The Hall–Kier alpha value is -2.88. The monoisotopic (exact) mass is 797 g/mol. The van der Waals surface area contributed by atoms with E-state index in [4.69, 9.17) is 0 Å². The Morgan fingerprint density at radius 1 is 0.267 bits per heavy atom. The Bertz CT molecular complexity index is 2040. The maximum atomic E-state index is 4.65. The molecule has 13 aliphatic rings. The van der Waals surface area contributed by atoms with Gasteiger partial charge >= 0.3 is 0 Å². The van der Waals surface area contributed by atoms with Gasteiger partial charge < -0.3 is 19.9 Å². The summed E-state index contributed by atoms with van der Waals surface area (Å²) in [7, 11) is 0. The molecule has 0 radical (unpaired) electrons. The van der Waals surface area contributed by atoms with Crippen molar-refractivity contribution in [1.29, 1.82) is 0 Å². The fourth-order valence-corrected chi connectivity index (χ4v) is 23.3. The second kappa shape index (κ2) is 10.9. The van der Waals surface area contributed by atoms with E-state index < -0.39 is 0 Å². The Balaban J connectivity index is 0.969. The van der Waals surface area contributed by atoms with Gasteiger partial charge in [0.05, 0.1) is 21.7 Å². The van der Waals surface area contributed by atoms with Gasteiger partial charge in [-0.25, -0.2) is 0 Å². The number of H-pyrrole nitrogens is 4. The quantitative estimate of drug-likeness (QED) is 0.137. The third kappa shape index (κ3) is 3.55. The predicted octanol–water partition coefficient (Wildman–Crippen LogP) is 12.3. The van der Waals surface area contributed by atoms with Crippen molar-refractivity contribution in [2.75, 3.05) is 0 Å². The van der Waals surface area contributed by atoms with Crippen molar-refractivity contribution >= 4 is 0 Å². The lowest BCUT2D eigenvalue weighted by atomic mass is 9.65. The molecule has 4 spiro atoms. The lowest BCUT2D eigenvalue weighted by Crippen LogP contribution is -2.43. The fraction of sp³-hybridized carbons (Fsp3) is 0.714. The lowest BCUT2D eigenvalue weighted by molar-refractivity contribution is 0.172. The van der Waals surface area contributed by atoms with Crippen LogP contribution in [0, 0.1) is 94.7 Å². The van der Waals surface area contributed by atoms with Crippen LogP contribution in [-0.2, 0) is 21.7 Å². The van der Waals surface area contributed by atoms with Crippen molar-refractivity contribution in [2.24, 2.45) is 94.7 Å². The van der Waals surface area contributed by atoms with E-state index in [9.17, 15) is 0 Å². The van der Waals surface area contributed by atoms with Gasteiger partial charge in [0.1, 0.15) is 0 Å². The average molecular weight is 797 g/mol. The van der Waals surface area contributed by atoms with Crippen molar-refractivity contribution in [1.82, 2.24) is 19.9 Å². The molecule has 4 nitrogen and oxygen atoms in total. The van der Waals surface area contributed by atoms with Crippen LogP contribution in [-0.4, -0.2) is 19.9 Å². The summed E-state index contributed by atoms with van der Waals surface area (Å²) in [5.41, 5.74) is 13.2. The molecule has 20 bridgehead atoms. The number of aromatic nitrogens is 4. The number of fused-ring (bicyclic) bond motifs is 32. The van der Waals surface area contributed by atoms with Gasteiger partial charge in [0.2, 0.25) is 0 Å². The highest BCUT2D eigenvalue weighted by molar-refractivity contribution is 5.51. The zero-order valence-corrected chi connectivity index (χ0v) is 36.0. The van der Waals surface area contributed by atoms with Crippen molar-refractivity contribution in [2.45, 2.75) is 150 Å². The van der Waals surface area contributed by atoms with E-state index in [1.54, 1.807) is 45.6 Å². The minimum atomic E-state index is 0.0653. The molecule has 60 heavy (non-hydrogen) atoms. The maximum absolute atomic E-state index is 4.65. The molecular formula is C56H68N4. The van der Waals surface area contributed by atoms with E-state index in [1.807, 2.05) is 0 Å². The van der Waals surface area contributed by atoms with Crippen LogP contribution in [0.2, 0.25) is 0 Å². The van der Waals surface area contributed by atoms with Crippen molar-refractivity contribution in [3.63, 3.8) is 0 Å². The van der Waals surface area contributed by atoms with Crippen LogP contribution < -0.4 is 0 Å². The van der Waals surface area contributed by atoms with Gasteiger partial charge in [-0.3, -0.25) is 0 Å². The zero-order chi connectivity index (χ0) is 38.5. The number of rotatable bonds is 0. The van der Waals surface area contributed by atoms with Crippen LogP contribution >= 0.6 is 0 Å². The van der Waals surface area contributed by atoms with Crippen LogP contribution in [0.15, 0.2) is 48.5 Å². The van der Waals surface area contributed by atoms with Crippen LogP contribution in [0.3, 0.4) is 0 Å². The summed E-state index contributed by atoms with van der Waals surface area (Å²) in [6.07, 6.45) is 28.9. The van der Waals surface area contributed by atoms with Crippen LogP contribution in [0.4, 0.5) is 0 Å². The average Bonchev–Trinajstić information content (AvgIpc) is 4.14. The summed E-state index contributed by atoms with van der Waals surface area (Å²) in [6, 6.07) is 21.8. The minimum Gasteiger partial charge on any atom is -0.361 e. The molecule has 4 aromatic rings. The van der Waals surface area contributed by atoms with E-state index in [0.29, 0.717) is 0 Å². The Morgan fingerprint density at radius 2 is 0.483 bits per heavy atom. The SMILES string of the molecule is c1cc2[nH]c1C1(c3ccc([nH]3)C3(c4ccc([nH]4)C4(c5ccc([nH]5)C25C2CC6CCC5C(C6)C2)C2CC5CCC4C(C5)C2)C2CC4CCC3C(C4)C2)C2CC3CCC1C(C3)C2. The molecule has 4 aromatic heterocycles. The summed E-state index contributed by atoms with van der Waals surface area (Å²) in [5.74, 6) is 13.2. The van der Waals surface area contributed by atoms with E-state index in [-0.39, 0.29) is 21.7 Å². The molecule has 312 valence electrons. The highest BCUT2D eigenvalue weighted by Crippen LogP contribution is 2.73. The van der Waals surface area contributed by atoms with Gasteiger partial charge in [-0.05, 0) is 246 Å². The number of nitrogens with one attached hydrogen (secondary N) is 4. The largest absolute Gasteiger partial charge is 0.361 e. The lowest BCUT2D eigenvalue weighted by Gasteiger charge is -2.43. The summed E-state index contributed by atoms with van der Waals surface area (Å²) >= 11 is 0. The summed E-state index contributed by atoms with van der Waals surface area (Å²) in [4.78, 5) is 18.6. The van der Waals surface area contributed by atoms with Crippen molar-refractivity contribution in [3.05, 3.63) is 94.1 Å². The first kappa shape index (κ1) is 33.6. The second-order valence-corrected chi connectivity index (χ2v) is 25.5. The Morgan fingerprint density at radius 3 is 0.700 bits per heavy atom. The summed E-state index contributed by atoms with van der Waals surface area (Å²) < 4.78 is 0. The molecule has 12 fully saturated rings. The topological polar surface area (TPSA) is 63.2 Å². The molecule has 17 rings (SSSR count). The van der Waals surface area contributed by atoms with E-state index >= 15 is 0 Å². The molecule has 4 N–H and O–H groups in total. The third-order valence-corrected chi connectivity index (χ3v) is 24.4. The van der Waals surface area contributed by atoms with E-state index in [0.717, 1.165) is 94.7 Å². The van der Waals surface area contributed by atoms with E-state index in [2.05, 4.69) is 68.5 Å². The molecule has 16 atom stereocenters. The molecule has 0 aromatic carbocycles. The van der Waals surface area contributed by atoms with Gasteiger partial charge in [-0.15, -0.1) is 0 Å². The second-order valence-electron chi connectivity index (χ2n) is 25.5. The van der Waals surface area contributed by atoms with Gasteiger partial charge in [-0.1, -0.05) is 25.7 Å². The van der Waals surface area contributed by atoms with Crippen molar-refractivity contribution in [3.8, 4) is 0 Å². The molecule has 1 aliphatic heterocycles. The van der Waals surface area contributed by atoms with Gasteiger partial charge in [0, 0.05) is 45.6 Å². The molecular weight excluding hydrogens is 729 g/mol. The van der Waals surface area contributed by atoms with E-state index in [1.165, 1.54) is 128 Å². The molecule has 12 saturated carbocycles. The number of hydrogen-bond acceptors (Lipinski definition) is 0. The highest BCUT2D eigenvalue weighted by Gasteiger charge is 2.68. The van der Waals surface area contributed by atoms with Crippen molar-refractivity contribution < 1.29 is 0 Å². The summed E-state index contributed by atoms with van der Waals surface area (Å²) in [6.45, 7) is 0. The first-order valence-electron chi connectivity index (χ1n) is 26.3. The Kier molecular flexibility index (Phi) is 6.11. The maximum Gasteiger partial charge on any atom is 0.0562 e. The standard InChI is InChI=1S/C56H68N4/c1-5-41-33-17-29(1)21-37(25-33)53(41)45-9-11-47(57-45)54(38-22-30-2-6-42(54)34(18-30)26-38)49-13-15-51(59-49)56(40-24-32-4-8-44(56)36(20-32)28-40)52-16-14-50(60-52)55(48-12-10-46(53)58-48)39-23-31-3-7-43(55)35(19-31)27-39/h9-16,29-44,57-60H,1-8,17-28H2. The Labute approximate surface area is 357 Å². The van der Waals surface area contributed by atoms with Gasteiger partial charge in [0.25, 0.3) is 0 Å². The predicted molar refractivity (Wildman–Crippen MR) is 234 cm³/mol.